The Morgan fingerprint density at radius 2 is 2.12 bits per heavy atom. The summed E-state index contributed by atoms with van der Waals surface area (Å²) in [5.41, 5.74) is 6.90. The number of hydrogen-bond acceptors (Lipinski definition) is 5. The molecule has 0 bridgehead atoms. The maximum Gasteiger partial charge on any atom is 0.243 e. The highest BCUT2D eigenvalue weighted by Gasteiger charge is 2.12. The molecular weight excluding hydrogens is 204 g/mol. The maximum atomic E-state index is 5.79. The normalized spacial score (nSPS) is 12.6. The van der Waals surface area contributed by atoms with Crippen molar-refractivity contribution in [3.05, 3.63) is 41.8 Å². The number of nitrogens with two attached hydrogens (primary N) is 1. The zero-order valence-electron chi connectivity index (χ0n) is 9.13. The fraction of sp³-hybridized carbons (Fsp3) is 0.364. The topological polar surface area (TPSA) is 77.8 Å². The Bertz CT molecular complexity index is 440. The van der Waals surface area contributed by atoms with Gasteiger partial charge in [-0.1, -0.05) is 12.1 Å². The Labute approximate surface area is 93.7 Å². The molecule has 0 spiro atoms. The molecule has 1 unspecified atom stereocenters. The van der Waals surface area contributed by atoms with Gasteiger partial charge in [0.1, 0.15) is 0 Å². The summed E-state index contributed by atoms with van der Waals surface area (Å²) >= 11 is 0. The number of rotatable bonds is 4. The third-order valence-electron chi connectivity index (χ3n) is 2.35. The summed E-state index contributed by atoms with van der Waals surface area (Å²) in [6.45, 7) is 1.98. The molecule has 0 aliphatic rings. The zero-order valence-corrected chi connectivity index (χ0v) is 9.13. The molecule has 1 atom stereocenters. The first kappa shape index (κ1) is 10.8. The van der Waals surface area contributed by atoms with Crippen LogP contribution in [0.4, 0.5) is 0 Å². The number of aromatic nitrogens is 3. The van der Waals surface area contributed by atoms with Gasteiger partial charge >= 0.3 is 0 Å². The largest absolute Gasteiger partial charge is 0.338 e. The van der Waals surface area contributed by atoms with Crippen LogP contribution in [0.3, 0.4) is 0 Å². The number of hydrogen-bond donors (Lipinski definition) is 1. The Kier molecular flexibility index (Phi) is 3.26. The van der Waals surface area contributed by atoms with E-state index in [2.05, 4.69) is 15.1 Å². The van der Waals surface area contributed by atoms with E-state index < -0.39 is 0 Å². The summed E-state index contributed by atoms with van der Waals surface area (Å²) in [5, 5.41) is 3.89. The average Bonchev–Trinajstić information content (AvgIpc) is 2.78. The monoisotopic (exact) mass is 218 g/mol. The zero-order chi connectivity index (χ0) is 11.4. The summed E-state index contributed by atoms with van der Waals surface area (Å²) in [4.78, 5) is 8.20. The molecule has 5 nitrogen and oxygen atoms in total. The van der Waals surface area contributed by atoms with Crippen LogP contribution in [0.15, 0.2) is 29.0 Å². The van der Waals surface area contributed by atoms with Gasteiger partial charge in [-0.15, -0.1) is 0 Å². The van der Waals surface area contributed by atoms with Crippen molar-refractivity contribution in [3.63, 3.8) is 0 Å². The van der Waals surface area contributed by atoms with Gasteiger partial charge in [0.2, 0.25) is 5.89 Å². The average molecular weight is 218 g/mol. The van der Waals surface area contributed by atoms with E-state index in [-0.39, 0.29) is 6.04 Å². The highest BCUT2D eigenvalue weighted by atomic mass is 16.5. The Balaban J connectivity index is 2.09. The third kappa shape index (κ3) is 2.43. The second-order valence-corrected chi connectivity index (χ2v) is 3.60. The fourth-order valence-electron chi connectivity index (χ4n) is 1.35. The van der Waals surface area contributed by atoms with Gasteiger partial charge in [-0.05, 0) is 24.1 Å². The highest BCUT2D eigenvalue weighted by molar-refractivity contribution is 5.14. The predicted molar refractivity (Wildman–Crippen MR) is 58.6 cm³/mol. The standard InChI is InChI=1S/C11H14N4O/c1-2-9(12)11-14-10(15-16-11)7-8-3-5-13-6-4-8/h3-6,9H,2,7,12H2,1H3. The Hall–Kier alpha value is -1.75. The molecule has 84 valence electrons. The lowest BCUT2D eigenvalue weighted by Gasteiger charge is -1.99. The van der Waals surface area contributed by atoms with Gasteiger partial charge in [-0.3, -0.25) is 4.98 Å². The quantitative estimate of drug-likeness (QED) is 0.840. The van der Waals surface area contributed by atoms with Gasteiger partial charge in [-0.2, -0.15) is 4.98 Å². The van der Waals surface area contributed by atoms with Crippen molar-refractivity contribution in [1.29, 1.82) is 0 Å². The van der Waals surface area contributed by atoms with Crippen LogP contribution in [0.1, 0.15) is 36.7 Å². The molecule has 2 heterocycles. The second kappa shape index (κ2) is 4.85. The van der Waals surface area contributed by atoms with Crippen molar-refractivity contribution in [2.75, 3.05) is 0 Å². The molecule has 2 N–H and O–H groups in total. The van der Waals surface area contributed by atoms with Crippen LogP contribution in [0.25, 0.3) is 0 Å². The van der Waals surface area contributed by atoms with Gasteiger partial charge in [0.15, 0.2) is 5.82 Å². The smallest absolute Gasteiger partial charge is 0.243 e. The van der Waals surface area contributed by atoms with Crippen LogP contribution in [0.5, 0.6) is 0 Å². The van der Waals surface area contributed by atoms with Crippen LogP contribution in [0.2, 0.25) is 0 Å². The van der Waals surface area contributed by atoms with Crippen molar-refractivity contribution < 1.29 is 4.52 Å². The Morgan fingerprint density at radius 3 is 2.81 bits per heavy atom. The fourth-order valence-corrected chi connectivity index (χ4v) is 1.35. The van der Waals surface area contributed by atoms with Crippen molar-refractivity contribution in [1.82, 2.24) is 15.1 Å². The molecule has 5 heteroatoms. The van der Waals surface area contributed by atoms with Crippen LogP contribution in [0, 0.1) is 0 Å². The van der Waals surface area contributed by atoms with Crippen LogP contribution >= 0.6 is 0 Å². The molecule has 16 heavy (non-hydrogen) atoms. The van der Waals surface area contributed by atoms with Gasteiger partial charge < -0.3 is 10.3 Å². The van der Waals surface area contributed by atoms with Gasteiger partial charge in [-0.25, -0.2) is 0 Å². The molecule has 0 aliphatic heterocycles. The van der Waals surface area contributed by atoms with Crippen LogP contribution < -0.4 is 5.73 Å². The van der Waals surface area contributed by atoms with Crippen molar-refractivity contribution in [3.8, 4) is 0 Å². The van der Waals surface area contributed by atoms with Crippen molar-refractivity contribution in [2.45, 2.75) is 25.8 Å². The van der Waals surface area contributed by atoms with Gasteiger partial charge in [0, 0.05) is 18.8 Å². The van der Waals surface area contributed by atoms with Crippen molar-refractivity contribution in [2.24, 2.45) is 5.73 Å². The molecule has 2 aromatic heterocycles. The first-order valence-corrected chi connectivity index (χ1v) is 5.26. The molecule has 0 fully saturated rings. The molecular formula is C11H14N4O. The minimum absolute atomic E-state index is 0.168. The lowest BCUT2D eigenvalue weighted by atomic mass is 10.2. The summed E-state index contributed by atoms with van der Waals surface area (Å²) in [6.07, 6.45) is 4.92. The molecule has 2 aromatic rings. The number of pyridine rings is 1. The Morgan fingerprint density at radius 1 is 1.38 bits per heavy atom. The first-order chi connectivity index (χ1) is 7.79. The van der Waals surface area contributed by atoms with E-state index in [0.29, 0.717) is 18.1 Å². The van der Waals surface area contributed by atoms with Crippen LogP contribution in [-0.4, -0.2) is 15.1 Å². The summed E-state index contributed by atoms with van der Waals surface area (Å²) in [7, 11) is 0. The molecule has 0 amide bonds. The molecule has 0 saturated carbocycles. The highest BCUT2D eigenvalue weighted by Crippen LogP contribution is 2.12. The van der Waals surface area contributed by atoms with E-state index >= 15 is 0 Å². The van der Waals surface area contributed by atoms with Crippen LogP contribution in [-0.2, 0) is 6.42 Å². The van der Waals surface area contributed by atoms with E-state index in [1.165, 1.54) is 0 Å². The molecule has 0 saturated heterocycles. The maximum absolute atomic E-state index is 5.79. The molecule has 0 radical (unpaired) electrons. The van der Waals surface area contributed by atoms with E-state index in [4.69, 9.17) is 10.3 Å². The molecule has 0 aromatic carbocycles. The first-order valence-electron chi connectivity index (χ1n) is 5.26. The van der Waals surface area contributed by atoms with E-state index in [1.807, 2.05) is 19.1 Å². The SMILES string of the molecule is CCC(N)c1nc(Cc2ccncc2)no1. The van der Waals surface area contributed by atoms with Gasteiger partial charge in [0.05, 0.1) is 6.04 Å². The van der Waals surface area contributed by atoms with Crippen molar-refractivity contribution >= 4 is 0 Å². The van der Waals surface area contributed by atoms with E-state index in [0.717, 1.165) is 12.0 Å². The number of nitrogens with zero attached hydrogens (tertiary/aromatic N) is 3. The third-order valence-corrected chi connectivity index (χ3v) is 2.35. The minimum Gasteiger partial charge on any atom is -0.338 e. The summed E-state index contributed by atoms with van der Waals surface area (Å²) < 4.78 is 5.09. The predicted octanol–water partition coefficient (Wildman–Crippen LogP) is 1.47. The summed E-state index contributed by atoms with van der Waals surface area (Å²) in [6, 6.07) is 3.68. The molecule has 2 rings (SSSR count). The van der Waals surface area contributed by atoms with E-state index in [9.17, 15) is 0 Å². The lowest BCUT2D eigenvalue weighted by Crippen LogP contribution is -2.08. The second-order valence-electron chi connectivity index (χ2n) is 3.60. The molecule has 0 aliphatic carbocycles. The van der Waals surface area contributed by atoms with Gasteiger partial charge in [0.25, 0.3) is 0 Å². The van der Waals surface area contributed by atoms with E-state index in [1.54, 1.807) is 12.4 Å². The summed E-state index contributed by atoms with van der Waals surface area (Å²) in [5.74, 6) is 1.16. The lowest BCUT2D eigenvalue weighted by molar-refractivity contribution is 0.348. The minimum atomic E-state index is -0.168.